The Hall–Kier alpha value is -2.42. The topological polar surface area (TPSA) is 0 Å². The summed E-state index contributed by atoms with van der Waals surface area (Å²) < 4.78 is 2.81. The van der Waals surface area contributed by atoms with Crippen LogP contribution in [0.15, 0.2) is 72.1 Å². The lowest BCUT2D eigenvalue weighted by Gasteiger charge is -2.25. The van der Waals surface area contributed by atoms with Gasteiger partial charge in [-0.3, -0.25) is 0 Å². The van der Waals surface area contributed by atoms with Gasteiger partial charge in [0.05, 0.1) is 0 Å². The van der Waals surface area contributed by atoms with E-state index >= 15 is 0 Å². The van der Waals surface area contributed by atoms with Crippen LogP contribution in [0.5, 0.6) is 0 Å². The van der Waals surface area contributed by atoms with Crippen LogP contribution in [-0.4, -0.2) is 0 Å². The lowest BCUT2D eigenvalue weighted by Crippen LogP contribution is -1.98. The van der Waals surface area contributed by atoms with E-state index < -0.39 is 0 Å². The Morgan fingerprint density at radius 1 is 0.654 bits per heavy atom. The van der Waals surface area contributed by atoms with E-state index in [0.717, 1.165) is 12.8 Å². The molecule has 0 unspecified atom stereocenters. The van der Waals surface area contributed by atoms with Crippen LogP contribution >= 0.6 is 22.7 Å². The van der Waals surface area contributed by atoms with Gasteiger partial charge >= 0.3 is 0 Å². The molecule has 26 heavy (non-hydrogen) atoms. The van der Waals surface area contributed by atoms with Gasteiger partial charge in [-0.2, -0.15) is 0 Å². The van der Waals surface area contributed by atoms with Gasteiger partial charge in [0.2, 0.25) is 0 Å². The molecule has 0 fully saturated rings. The van der Waals surface area contributed by atoms with Crippen molar-refractivity contribution in [3.63, 3.8) is 0 Å². The van der Waals surface area contributed by atoms with Crippen molar-refractivity contribution in [1.29, 1.82) is 0 Å². The van der Waals surface area contributed by atoms with Gasteiger partial charge in [0.25, 0.3) is 0 Å². The summed E-state index contributed by atoms with van der Waals surface area (Å²) in [6.45, 7) is 0. The first-order chi connectivity index (χ1) is 12.9. The molecule has 2 aromatic heterocycles. The molecule has 2 heteroatoms. The summed E-state index contributed by atoms with van der Waals surface area (Å²) in [5, 5.41) is 5.06. The predicted octanol–water partition coefficient (Wildman–Crippen LogP) is 7.55. The van der Waals surface area contributed by atoms with Gasteiger partial charge in [-0.1, -0.05) is 42.5 Å². The van der Waals surface area contributed by atoms with Crippen molar-refractivity contribution in [2.45, 2.75) is 12.8 Å². The Bertz CT molecular complexity index is 1270. The highest BCUT2D eigenvalue weighted by Gasteiger charge is 2.27. The van der Waals surface area contributed by atoms with Crippen LogP contribution in [0.25, 0.3) is 42.4 Å². The van der Waals surface area contributed by atoms with Crippen LogP contribution in [0.2, 0.25) is 0 Å². The normalized spacial score (nSPS) is 12.2. The summed E-state index contributed by atoms with van der Waals surface area (Å²) >= 11 is 3.79. The van der Waals surface area contributed by atoms with E-state index in [1.807, 2.05) is 22.7 Å². The van der Waals surface area contributed by atoms with Gasteiger partial charge < -0.3 is 0 Å². The third-order valence-corrected chi connectivity index (χ3v) is 7.47. The van der Waals surface area contributed by atoms with E-state index in [0.29, 0.717) is 0 Å². The van der Waals surface area contributed by atoms with Crippen molar-refractivity contribution >= 4 is 42.8 Å². The minimum absolute atomic E-state index is 1.11. The zero-order valence-corrected chi connectivity index (χ0v) is 15.8. The predicted molar refractivity (Wildman–Crippen MR) is 115 cm³/mol. The number of aryl methyl sites for hydroxylation is 2. The number of fused-ring (bicyclic) bond motifs is 8. The first kappa shape index (κ1) is 14.7. The smallest absolute Gasteiger partial charge is 0.0352 e. The highest BCUT2D eigenvalue weighted by Crippen LogP contribution is 2.55. The van der Waals surface area contributed by atoms with E-state index in [-0.39, 0.29) is 0 Å². The van der Waals surface area contributed by atoms with E-state index in [4.69, 9.17) is 0 Å². The highest BCUT2D eigenvalue weighted by atomic mass is 32.1. The molecule has 2 heterocycles. The second-order valence-electron chi connectivity index (χ2n) is 6.92. The highest BCUT2D eigenvalue weighted by molar-refractivity contribution is 7.19. The van der Waals surface area contributed by atoms with Crippen molar-refractivity contribution in [1.82, 2.24) is 0 Å². The first-order valence-electron chi connectivity index (χ1n) is 8.99. The maximum atomic E-state index is 2.43. The zero-order valence-electron chi connectivity index (χ0n) is 14.2. The number of benzene rings is 3. The molecule has 0 spiro atoms. The SMILES string of the molecule is c1ccc(CCc2cc3c4c(ccc3s2)-c2c-4ccc3sccc23)cc1. The Labute approximate surface area is 160 Å². The molecule has 0 N–H and O–H groups in total. The molecule has 3 aromatic carbocycles. The maximum Gasteiger partial charge on any atom is 0.0352 e. The fourth-order valence-corrected chi connectivity index (χ4v) is 6.04. The van der Waals surface area contributed by atoms with Gasteiger partial charge in [-0.05, 0) is 70.3 Å². The molecule has 124 valence electrons. The second-order valence-corrected chi connectivity index (χ2v) is 9.03. The third kappa shape index (κ3) is 2.06. The Kier molecular flexibility index (Phi) is 3.13. The quantitative estimate of drug-likeness (QED) is 0.302. The molecule has 5 aromatic rings. The Balaban J connectivity index is 1.41. The van der Waals surface area contributed by atoms with E-state index in [1.165, 1.54) is 52.9 Å². The van der Waals surface area contributed by atoms with Crippen molar-refractivity contribution in [2.75, 3.05) is 0 Å². The molecule has 0 radical (unpaired) electrons. The van der Waals surface area contributed by atoms with Gasteiger partial charge in [0, 0.05) is 25.0 Å². The molecule has 0 saturated heterocycles. The molecule has 0 saturated carbocycles. The largest absolute Gasteiger partial charge is 0.144 e. The lowest BCUT2D eigenvalue weighted by atomic mass is 9.77. The minimum atomic E-state index is 1.11. The van der Waals surface area contributed by atoms with Crippen LogP contribution in [0.4, 0.5) is 0 Å². The minimum Gasteiger partial charge on any atom is -0.144 e. The van der Waals surface area contributed by atoms with Crippen molar-refractivity contribution < 1.29 is 0 Å². The molecule has 0 nitrogen and oxygen atoms in total. The molecule has 1 aliphatic rings. The third-order valence-electron chi connectivity index (χ3n) is 5.43. The van der Waals surface area contributed by atoms with Gasteiger partial charge in [-0.25, -0.2) is 0 Å². The molecular weight excluding hydrogens is 352 g/mol. The number of hydrogen-bond acceptors (Lipinski definition) is 2. The fraction of sp³-hybridized carbons (Fsp3) is 0.0833. The molecule has 1 aliphatic carbocycles. The number of thiophene rings is 2. The number of hydrogen-bond donors (Lipinski definition) is 0. The van der Waals surface area contributed by atoms with Gasteiger partial charge in [0.15, 0.2) is 0 Å². The van der Waals surface area contributed by atoms with E-state index in [1.54, 1.807) is 0 Å². The average Bonchev–Trinajstić information content (AvgIpc) is 3.28. The van der Waals surface area contributed by atoms with Gasteiger partial charge in [-0.15, -0.1) is 22.7 Å². The number of rotatable bonds is 3. The molecular formula is C24H16S2. The van der Waals surface area contributed by atoms with Gasteiger partial charge in [0.1, 0.15) is 0 Å². The second kappa shape index (κ2) is 5.54. The summed E-state index contributed by atoms with van der Waals surface area (Å²) in [5.41, 5.74) is 7.21. The standard InChI is InChI=1S/C24H16S2/c1-2-4-15(5-3-1)6-7-16-14-20-22(26-16)11-9-19-23-17-12-13-25-21(17)10-8-18(23)24(19)20/h1-5,8-14H,6-7H2. The monoisotopic (exact) mass is 368 g/mol. The van der Waals surface area contributed by atoms with Crippen LogP contribution in [0.3, 0.4) is 0 Å². The van der Waals surface area contributed by atoms with Crippen molar-refractivity contribution in [3.8, 4) is 22.3 Å². The summed E-state index contributed by atoms with van der Waals surface area (Å²) in [6, 6.07) is 24.7. The summed E-state index contributed by atoms with van der Waals surface area (Å²) in [6.07, 6.45) is 2.23. The first-order valence-corrected chi connectivity index (χ1v) is 10.7. The Morgan fingerprint density at radius 3 is 2.27 bits per heavy atom. The lowest BCUT2D eigenvalue weighted by molar-refractivity contribution is 0.982. The van der Waals surface area contributed by atoms with Crippen molar-refractivity contribution in [2.24, 2.45) is 0 Å². The molecule has 0 bridgehead atoms. The molecule has 0 atom stereocenters. The van der Waals surface area contributed by atoms with Crippen molar-refractivity contribution in [3.05, 3.63) is 82.6 Å². The van der Waals surface area contributed by atoms with Crippen LogP contribution in [0.1, 0.15) is 10.4 Å². The molecule has 0 aliphatic heterocycles. The zero-order chi connectivity index (χ0) is 17.1. The van der Waals surface area contributed by atoms with E-state index in [9.17, 15) is 0 Å². The summed E-state index contributed by atoms with van der Waals surface area (Å²) in [5.74, 6) is 0. The van der Waals surface area contributed by atoms with Crippen LogP contribution in [-0.2, 0) is 12.8 Å². The average molecular weight is 369 g/mol. The molecule has 6 rings (SSSR count). The Morgan fingerprint density at radius 2 is 1.42 bits per heavy atom. The summed E-state index contributed by atoms with van der Waals surface area (Å²) in [7, 11) is 0. The summed E-state index contributed by atoms with van der Waals surface area (Å²) in [4.78, 5) is 1.49. The fourth-order valence-electron chi connectivity index (χ4n) is 4.18. The van der Waals surface area contributed by atoms with Crippen LogP contribution < -0.4 is 0 Å². The van der Waals surface area contributed by atoms with E-state index in [2.05, 4.69) is 72.1 Å². The maximum absolute atomic E-state index is 2.43. The molecule has 0 amide bonds. The van der Waals surface area contributed by atoms with Crippen LogP contribution in [0, 0.1) is 0 Å².